The molecule has 1 heterocycles. The summed E-state index contributed by atoms with van der Waals surface area (Å²) in [5.74, 6) is 0.857. The van der Waals surface area contributed by atoms with E-state index in [-0.39, 0.29) is 31.2 Å². The maximum absolute atomic E-state index is 12.7. The van der Waals surface area contributed by atoms with Gasteiger partial charge in [-0.15, -0.1) is 0 Å². The average Bonchev–Trinajstić information content (AvgIpc) is 3.33. The molecule has 1 amide bonds. The number of carbonyl (C=O) groups excluding carboxylic acids is 1. The minimum absolute atomic E-state index is 0.0298. The van der Waals surface area contributed by atoms with Gasteiger partial charge in [-0.1, -0.05) is 23.2 Å². The van der Waals surface area contributed by atoms with E-state index < -0.39 is 0 Å². The van der Waals surface area contributed by atoms with Crippen molar-refractivity contribution in [3.8, 4) is 0 Å². The molecule has 0 bridgehead atoms. The maximum atomic E-state index is 12.7. The van der Waals surface area contributed by atoms with Gasteiger partial charge in [-0.05, 0) is 43.7 Å². The van der Waals surface area contributed by atoms with Gasteiger partial charge in [-0.25, -0.2) is 0 Å². The number of carbonyl (C=O) groups is 1. The molecule has 2 aliphatic rings. The van der Waals surface area contributed by atoms with Crippen LogP contribution in [-0.4, -0.2) is 59.4 Å². The van der Waals surface area contributed by atoms with Crippen LogP contribution in [0.3, 0.4) is 0 Å². The highest BCUT2D eigenvalue weighted by Gasteiger charge is 2.44. The Bertz CT molecular complexity index is 602. The summed E-state index contributed by atoms with van der Waals surface area (Å²) in [5.41, 5.74) is 1.50. The zero-order valence-corrected chi connectivity index (χ0v) is 14.7. The Labute approximate surface area is 147 Å². The molecule has 0 spiro atoms. The van der Waals surface area contributed by atoms with Crippen molar-refractivity contribution in [3.05, 3.63) is 34.3 Å². The molecule has 1 saturated carbocycles. The molecule has 1 saturated heterocycles. The number of likely N-dealkylation sites (tertiary alicyclic amines) is 1. The Morgan fingerprint density at radius 3 is 2.67 bits per heavy atom. The number of hydrogen-bond acceptors (Lipinski definition) is 4. The Morgan fingerprint density at radius 1 is 1.33 bits per heavy atom. The first-order valence-corrected chi connectivity index (χ1v) is 8.94. The number of nitrogens with one attached hydrogen (secondary N) is 1. The number of hydrogen-bond donors (Lipinski definition) is 3. The predicted octanol–water partition coefficient (Wildman–Crippen LogP) is 1.44. The maximum Gasteiger partial charge on any atom is 0.253 e. The van der Waals surface area contributed by atoms with Gasteiger partial charge >= 0.3 is 0 Å². The van der Waals surface area contributed by atoms with Crippen molar-refractivity contribution in [2.45, 2.75) is 31.8 Å². The molecule has 132 valence electrons. The second kappa shape index (κ2) is 7.40. The van der Waals surface area contributed by atoms with E-state index in [1.807, 2.05) is 13.0 Å². The molecule has 2 atom stereocenters. The standard InChI is InChI=1S/C18H25ClN2O3/c1-11-2-5-16(19)14(6-11)18(24)20-17-8-21(13(9-22)10-23)7-15(17)12-3-4-12/h2,5-6,12-13,15,17,22-23H,3-4,7-10H2,1H3,(H,20,24)/t15-,17+/m1/s1. The van der Waals surface area contributed by atoms with E-state index in [1.54, 1.807) is 12.1 Å². The summed E-state index contributed by atoms with van der Waals surface area (Å²) in [6.45, 7) is 3.26. The van der Waals surface area contributed by atoms with E-state index in [2.05, 4.69) is 10.2 Å². The highest BCUT2D eigenvalue weighted by atomic mass is 35.5. The number of aliphatic hydroxyl groups excluding tert-OH is 2. The highest BCUT2D eigenvalue weighted by Crippen LogP contribution is 2.42. The lowest BCUT2D eigenvalue weighted by Crippen LogP contribution is -2.43. The molecular weight excluding hydrogens is 328 g/mol. The van der Waals surface area contributed by atoms with Crippen LogP contribution in [0.2, 0.25) is 5.02 Å². The molecule has 1 aromatic carbocycles. The first kappa shape index (κ1) is 17.7. The Kier molecular flexibility index (Phi) is 5.45. The van der Waals surface area contributed by atoms with Gasteiger partial charge in [0.15, 0.2) is 0 Å². The van der Waals surface area contributed by atoms with Crippen molar-refractivity contribution >= 4 is 17.5 Å². The fourth-order valence-electron chi connectivity index (χ4n) is 3.66. The quantitative estimate of drug-likeness (QED) is 0.724. The Morgan fingerprint density at radius 2 is 2.04 bits per heavy atom. The van der Waals surface area contributed by atoms with Gasteiger partial charge < -0.3 is 15.5 Å². The summed E-state index contributed by atoms with van der Waals surface area (Å²) in [6, 6.07) is 5.22. The van der Waals surface area contributed by atoms with Gasteiger partial charge in [0, 0.05) is 19.1 Å². The lowest BCUT2D eigenvalue weighted by atomic mass is 9.97. The molecule has 5 nitrogen and oxygen atoms in total. The Balaban J connectivity index is 1.72. The lowest BCUT2D eigenvalue weighted by molar-refractivity contribution is 0.0853. The number of aryl methyl sites for hydroxylation is 1. The van der Waals surface area contributed by atoms with Crippen LogP contribution in [0, 0.1) is 18.8 Å². The van der Waals surface area contributed by atoms with E-state index in [1.165, 1.54) is 12.8 Å². The van der Waals surface area contributed by atoms with Crippen LogP contribution in [0.4, 0.5) is 0 Å². The molecule has 6 heteroatoms. The largest absolute Gasteiger partial charge is 0.395 e. The number of nitrogens with zero attached hydrogens (tertiary/aromatic N) is 1. The second-order valence-electron chi connectivity index (χ2n) is 7.04. The van der Waals surface area contributed by atoms with Crippen molar-refractivity contribution in [2.75, 3.05) is 26.3 Å². The van der Waals surface area contributed by atoms with Crippen molar-refractivity contribution in [1.82, 2.24) is 10.2 Å². The van der Waals surface area contributed by atoms with Gasteiger partial charge in [-0.3, -0.25) is 9.69 Å². The molecule has 3 N–H and O–H groups in total. The molecule has 0 aromatic heterocycles. The van der Waals surface area contributed by atoms with Crippen LogP contribution in [0.15, 0.2) is 18.2 Å². The van der Waals surface area contributed by atoms with Gasteiger partial charge in [0.2, 0.25) is 0 Å². The summed E-state index contributed by atoms with van der Waals surface area (Å²) in [7, 11) is 0. The number of aliphatic hydroxyl groups is 2. The number of amides is 1. The van der Waals surface area contributed by atoms with E-state index in [0.717, 1.165) is 12.1 Å². The fraction of sp³-hybridized carbons (Fsp3) is 0.611. The van der Waals surface area contributed by atoms with Crippen LogP contribution >= 0.6 is 11.6 Å². The normalized spacial score (nSPS) is 24.5. The van der Waals surface area contributed by atoms with Crippen LogP contribution in [-0.2, 0) is 0 Å². The van der Waals surface area contributed by atoms with Gasteiger partial charge in [0.05, 0.1) is 29.8 Å². The van der Waals surface area contributed by atoms with Crippen molar-refractivity contribution in [2.24, 2.45) is 11.8 Å². The fourth-order valence-corrected chi connectivity index (χ4v) is 3.86. The van der Waals surface area contributed by atoms with E-state index >= 15 is 0 Å². The second-order valence-corrected chi connectivity index (χ2v) is 7.44. The third-order valence-electron chi connectivity index (χ3n) is 5.24. The van der Waals surface area contributed by atoms with Crippen LogP contribution < -0.4 is 5.32 Å². The molecule has 0 radical (unpaired) electrons. The van der Waals surface area contributed by atoms with E-state index in [4.69, 9.17) is 11.6 Å². The summed E-state index contributed by atoms with van der Waals surface area (Å²) in [5, 5.41) is 22.5. The van der Waals surface area contributed by atoms with Crippen molar-refractivity contribution in [3.63, 3.8) is 0 Å². The topological polar surface area (TPSA) is 72.8 Å². The molecule has 1 aliphatic carbocycles. The third kappa shape index (κ3) is 3.75. The smallest absolute Gasteiger partial charge is 0.253 e. The molecule has 1 aliphatic heterocycles. The van der Waals surface area contributed by atoms with Crippen molar-refractivity contribution in [1.29, 1.82) is 0 Å². The highest BCUT2D eigenvalue weighted by molar-refractivity contribution is 6.33. The van der Waals surface area contributed by atoms with Crippen LogP contribution in [0.5, 0.6) is 0 Å². The van der Waals surface area contributed by atoms with Gasteiger partial charge in [0.1, 0.15) is 0 Å². The predicted molar refractivity (Wildman–Crippen MR) is 93.2 cm³/mol. The SMILES string of the molecule is Cc1ccc(Cl)c(C(=O)N[C@H]2CN(C(CO)CO)C[C@@H]2C2CC2)c1. The Hall–Kier alpha value is -1.14. The minimum atomic E-state index is -0.254. The summed E-state index contributed by atoms with van der Waals surface area (Å²) in [4.78, 5) is 14.8. The van der Waals surface area contributed by atoms with E-state index in [9.17, 15) is 15.0 Å². The summed E-state index contributed by atoms with van der Waals surface area (Å²) in [6.07, 6.45) is 2.39. The third-order valence-corrected chi connectivity index (χ3v) is 5.57. The molecule has 1 aromatic rings. The summed E-state index contributed by atoms with van der Waals surface area (Å²) < 4.78 is 0. The zero-order chi connectivity index (χ0) is 17.3. The van der Waals surface area contributed by atoms with Crippen LogP contribution in [0.1, 0.15) is 28.8 Å². The minimum Gasteiger partial charge on any atom is -0.395 e. The number of benzene rings is 1. The molecule has 3 rings (SSSR count). The van der Waals surface area contributed by atoms with E-state index in [0.29, 0.717) is 29.0 Å². The molecule has 2 fully saturated rings. The monoisotopic (exact) mass is 352 g/mol. The first-order valence-electron chi connectivity index (χ1n) is 8.56. The number of rotatable bonds is 6. The average molecular weight is 353 g/mol. The summed E-state index contributed by atoms with van der Waals surface area (Å²) >= 11 is 6.17. The van der Waals surface area contributed by atoms with Gasteiger partial charge in [-0.2, -0.15) is 0 Å². The molecular formula is C18H25ClN2O3. The first-order chi connectivity index (χ1) is 11.5. The lowest BCUT2D eigenvalue weighted by Gasteiger charge is -2.24. The molecule has 24 heavy (non-hydrogen) atoms. The van der Waals surface area contributed by atoms with Gasteiger partial charge in [0.25, 0.3) is 5.91 Å². The van der Waals surface area contributed by atoms with Crippen molar-refractivity contribution < 1.29 is 15.0 Å². The zero-order valence-electron chi connectivity index (χ0n) is 13.9. The molecule has 0 unspecified atom stereocenters. The van der Waals surface area contributed by atoms with Crippen LogP contribution in [0.25, 0.3) is 0 Å². The number of halogens is 1.